The summed E-state index contributed by atoms with van der Waals surface area (Å²) < 4.78 is 11.5. The van der Waals surface area contributed by atoms with Crippen LogP contribution in [0.15, 0.2) is 0 Å². The first-order valence-corrected chi connectivity index (χ1v) is 14.2. The zero-order chi connectivity index (χ0) is 17.1. The van der Waals surface area contributed by atoms with Gasteiger partial charge in [-0.3, -0.25) is 4.79 Å². The van der Waals surface area contributed by atoms with Gasteiger partial charge in [0.25, 0.3) is 0 Å². The number of hydrogen-bond acceptors (Lipinski definition) is 5. The third-order valence-electron chi connectivity index (χ3n) is 4.37. The molecule has 1 heterocycles. The van der Waals surface area contributed by atoms with Crippen molar-refractivity contribution in [2.24, 2.45) is 11.3 Å². The number of halogens is 2. The van der Waals surface area contributed by atoms with E-state index < -0.39 is 11.0 Å². The van der Waals surface area contributed by atoms with E-state index in [9.17, 15) is 4.79 Å². The molecule has 0 N–H and O–H groups in total. The van der Waals surface area contributed by atoms with E-state index in [-0.39, 0.29) is 38.1 Å². The molecule has 1 aliphatic rings. The van der Waals surface area contributed by atoms with Crippen LogP contribution in [0.25, 0.3) is 0 Å². The number of ether oxygens (including phenoxy) is 2. The minimum atomic E-state index is -0.572. The molecule has 0 spiro atoms. The minimum absolute atomic E-state index is 0. The SMILES string of the molecule is C.C.CC(C)C(C)(C)C(=O)OCC1(C)OC(=S)SC1(C)C.II. The highest BCUT2D eigenvalue weighted by molar-refractivity contribution is 15.0. The van der Waals surface area contributed by atoms with E-state index >= 15 is 0 Å². The smallest absolute Gasteiger partial charge is 0.311 e. The molecule has 23 heavy (non-hydrogen) atoms. The molecule has 1 unspecified atom stereocenters. The number of thioether (sulfide) groups is 1. The average Bonchev–Trinajstić information content (AvgIpc) is 2.57. The van der Waals surface area contributed by atoms with Gasteiger partial charge in [-0.2, -0.15) is 0 Å². The van der Waals surface area contributed by atoms with Gasteiger partial charge in [-0.1, -0.05) is 40.5 Å². The molecule has 0 aliphatic carbocycles. The van der Waals surface area contributed by atoms with Crippen LogP contribution in [0, 0.1) is 11.3 Å². The Kier molecular flexibility index (Phi) is 13.9. The highest BCUT2D eigenvalue weighted by Crippen LogP contribution is 2.46. The van der Waals surface area contributed by atoms with Crippen molar-refractivity contribution in [1.29, 1.82) is 0 Å². The van der Waals surface area contributed by atoms with Gasteiger partial charge in [0.15, 0.2) is 5.60 Å². The molecule has 0 aromatic heterocycles. The second kappa shape index (κ2) is 11.0. The summed E-state index contributed by atoms with van der Waals surface area (Å²) in [6, 6.07) is 0. The lowest BCUT2D eigenvalue weighted by Gasteiger charge is -2.35. The van der Waals surface area contributed by atoms with Gasteiger partial charge in [0.2, 0.25) is 4.38 Å². The van der Waals surface area contributed by atoms with Crippen LogP contribution in [-0.2, 0) is 14.3 Å². The average molecular weight is 590 g/mol. The van der Waals surface area contributed by atoms with Gasteiger partial charge in [-0.15, -0.1) is 0 Å². The number of rotatable bonds is 4. The summed E-state index contributed by atoms with van der Waals surface area (Å²) in [7, 11) is 0. The van der Waals surface area contributed by atoms with E-state index in [1.165, 1.54) is 11.8 Å². The maximum absolute atomic E-state index is 12.2. The second-order valence-corrected chi connectivity index (χ2v) is 8.87. The lowest BCUT2D eigenvalue weighted by atomic mass is 9.81. The van der Waals surface area contributed by atoms with Crippen molar-refractivity contribution < 1.29 is 14.3 Å². The minimum Gasteiger partial charge on any atom is -0.467 e. The lowest BCUT2D eigenvalue weighted by molar-refractivity contribution is -0.163. The summed E-state index contributed by atoms with van der Waals surface area (Å²) in [6.45, 7) is 14.1. The van der Waals surface area contributed by atoms with Crippen LogP contribution < -0.4 is 0 Å². The maximum Gasteiger partial charge on any atom is 0.311 e. The molecule has 0 saturated carbocycles. The van der Waals surface area contributed by atoms with E-state index in [1.807, 2.05) is 34.6 Å². The molecule has 1 rings (SSSR count). The number of carbonyl (C=O) groups excluding carboxylic acids is 1. The molecule has 0 amide bonds. The van der Waals surface area contributed by atoms with Crippen LogP contribution in [0.5, 0.6) is 0 Å². The van der Waals surface area contributed by atoms with Crippen molar-refractivity contribution in [3.63, 3.8) is 0 Å². The fourth-order valence-electron chi connectivity index (χ4n) is 1.47. The fourth-order valence-corrected chi connectivity index (χ4v) is 3.24. The van der Waals surface area contributed by atoms with Gasteiger partial charge in [0.1, 0.15) is 6.61 Å². The molecule has 1 aliphatic heterocycles. The first kappa shape index (κ1) is 29.0. The fraction of sp³-hybridized carbons (Fsp3) is 0.875. The topological polar surface area (TPSA) is 35.5 Å². The Morgan fingerprint density at radius 3 is 2.04 bits per heavy atom. The zero-order valence-electron chi connectivity index (χ0n) is 13.6. The van der Waals surface area contributed by atoms with Crippen LogP contribution >= 0.6 is 61.2 Å². The summed E-state index contributed by atoms with van der Waals surface area (Å²) in [4.78, 5) is 12.2. The lowest BCUT2D eigenvalue weighted by Crippen LogP contribution is -2.48. The van der Waals surface area contributed by atoms with E-state index in [1.54, 1.807) is 0 Å². The van der Waals surface area contributed by atoms with Gasteiger partial charge < -0.3 is 9.47 Å². The Bertz CT molecular complexity index is 399. The summed E-state index contributed by atoms with van der Waals surface area (Å²) in [5.74, 6) is 0.0340. The Morgan fingerprint density at radius 2 is 1.74 bits per heavy atom. The van der Waals surface area contributed by atoms with Crippen LogP contribution in [-0.4, -0.2) is 27.3 Å². The van der Waals surface area contributed by atoms with Gasteiger partial charge in [-0.25, -0.2) is 0 Å². The van der Waals surface area contributed by atoms with Gasteiger partial charge in [0.05, 0.1) is 10.2 Å². The maximum atomic E-state index is 12.2. The van der Waals surface area contributed by atoms with E-state index in [4.69, 9.17) is 21.7 Å². The Labute approximate surface area is 176 Å². The van der Waals surface area contributed by atoms with E-state index in [0.29, 0.717) is 4.38 Å². The molecule has 0 aromatic carbocycles. The highest BCUT2D eigenvalue weighted by atomic mass is 128. The largest absolute Gasteiger partial charge is 0.467 e. The Balaban J connectivity index is -0.000000960. The first-order valence-electron chi connectivity index (χ1n) is 6.66. The molecule has 1 atom stereocenters. The molecule has 0 radical (unpaired) electrons. The summed E-state index contributed by atoms with van der Waals surface area (Å²) >= 11 is 10.9. The summed E-state index contributed by atoms with van der Waals surface area (Å²) in [5, 5.41) is 0. The molecule has 3 nitrogen and oxygen atoms in total. The molecule has 1 saturated heterocycles. The third-order valence-corrected chi connectivity index (χ3v) is 5.89. The van der Waals surface area contributed by atoms with Crippen molar-refractivity contribution in [2.45, 2.75) is 73.7 Å². The molecular formula is C16H32I2O3S2. The number of esters is 1. The van der Waals surface area contributed by atoms with Crippen molar-refractivity contribution >= 4 is 71.6 Å². The predicted octanol–water partition coefficient (Wildman–Crippen LogP) is 6.84. The number of hydrogen-bond donors (Lipinski definition) is 0. The van der Waals surface area contributed by atoms with Crippen molar-refractivity contribution in [1.82, 2.24) is 0 Å². The van der Waals surface area contributed by atoms with E-state index in [0.717, 1.165) is 0 Å². The Morgan fingerprint density at radius 1 is 1.30 bits per heavy atom. The number of thiocarbonyl (C=S) groups is 1. The standard InChI is InChI=1S/C14H24O3S2.2CH4.I2/c1-9(2)12(3,4)10(15)16-8-14(7)13(5,6)19-11(18)17-14;;;1-2/h9H,8H2,1-7H3;2*1H4;. The van der Waals surface area contributed by atoms with Crippen LogP contribution in [0.3, 0.4) is 0 Å². The van der Waals surface area contributed by atoms with Crippen LogP contribution in [0.4, 0.5) is 0 Å². The normalized spacial score (nSPS) is 22.1. The van der Waals surface area contributed by atoms with Crippen molar-refractivity contribution in [3.05, 3.63) is 0 Å². The highest BCUT2D eigenvalue weighted by Gasteiger charge is 2.52. The molecule has 0 bridgehead atoms. The van der Waals surface area contributed by atoms with Crippen LogP contribution in [0.2, 0.25) is 0 Å². The molecule has 7 heteroatoms. The molecular weight excluding hydrogens is 558 g/mol. The number of carbonyl (C=O) groups is 1. The van der Waals surface area contributed by atoms with Crippen molar-refractivity contribution in [3.8, 4) is 0 Å². The zero-order valence-corrected chi connectivity index (χ0v) is 19.5. The van der Waals surface area contributed by atoms with Gasteiger partial charge >= 0.3 is 5.97 Å². The van der Waals surface area contributed by atoms with Crippen LogP contribution in [0.1, 0.15) is 63.3 Å². The first-order chi connectivity index (χ1) is 9.42. The Hall–Kier alpha value is 1.17. The molecule has 1 fully saturated rings. The molecule has 0 aromatic rings. The van der Waals surface area contributed by atoms with Gasteiger partial charge in [0, 0.05) is 37.2 Å². The van der Waals surface area contributed by atoms with Crippen molar-refractivity contribution in [2.75, 3.05) is 6.61 Å². The monoisotopic (exact) mass is 590 g/mol. The molecule has 140 valence electrons. The second-order valence-electron chi connectivity index (χ2n) is 6.65. The third kappa shape index (κ3) is 7.13. The predicted molar refractivity (Wildman–Crippen MR) is 125 cm³/mol. The van der Waals surface area contributed by atoms with Gasteiger partial charge in [-0.05, 0) is 52.8 Å². The summed E-state index contributed by atoms with van der Waals surface area (Å²) in [5.41, 5.74) is -1.07. The van der Waals surface area contributed by atoms with E-state index in [2.05, 4.69) is 51.1 Å². The summed E-state index contributed by atoms with van der Waals surface area (Å²) in [6.07, 6.45) is 0. The quantitative estimate of drug-likeness (QED) is 0.204.